The van der Waals surface area contributed by atoms with Gasteiger partial charge in [-0.15, -0.1) is 0 Å². The summed E-state index contributed by atoms with van der Waals surface area (Å²) in [6, 6.07) is 0. The van der Waals surface area contributed by atoms with Gasteiger partial charge in [-0.1, -0.05) is 54.0 Å². The first-order valence-electron chi connectivity index (χ1n) is 12.1. The molecule has 0 aliphatic heterocycles. The van der Waals surface area contributed by atoms with E-state index in [9.17, 15) is 4.79 Å². The number of methoxy groups -OCH3 is 1. The first kappa shape index (κ1) is 25.6. The maximum atomic E-state index is 12.0. The Kier molecular flexibility index (Phi) is 7.77. The summed E-state index contributed by atoms with van der Waals surface area (Å²) in [4.78, 5) is 12.0. The van der Waals surface area contributed by atoms with Gasteiger partial charge in [0.1, 0.15) is 0 Å². The van der Waals surface area contributed by atoms with Gasteiger partial charge < -0.3 is 9.16 Å². The first-order chi connectivity index (χ1) is 13.7. The average molecular weight is 437 g/mol. The van der Waals surface area contributed by atoms with Crippen LogP contribution in [0.3, 0.4) is 0 Å². The van der Waals surface area contributed by atoms with Crippen LogP contribution in [-0.4, -0.2) is 27.5 Å². The molecule has 0 aromatic rings. The van der Waals surface area contributed by atoms with Gasteiger partial charge in [-0.25, -0.2) is 4.79 Å². The Hall–Kier alpha value is -0.613. The Morgan fingerprint density at radius 1 is 1.13 bits per heavy atom. The van der Waals surface area contributed by atoms with E-state index < -0.39 is 8.32 Å². The summed E-state index contributed by atoms with van der Waals surface area (Å²) in [6.07, 6.45) is 6.80. The highest BCUT2D eigenvalue weighted by Gasteiger charge is 2.57. The third-order valence-electron chi connectivity index (χ3n) is 9.63. The van der Waals surface area contributed by atoms with Crippen LogP contribution in [0.2, 0.25) is 18.1 Å². The number of esters is 1. The van der Waals surface area contributed by atoms with Crippen LogP contribution in [0.25, 0.3) is 0 Å². The Balaban J connectivity index is 2.46. The van der Waals surface area contributed by atoms with Crippen molar-refractivity contribution in [1.29, 1.82) is 0 Å². The zero-order valence-electron chi connectivity index (χ0n) is 21.6. The van der Waals surface area contributed by atoms with E-state index in [-0.39, 0.29) is 17.1 Å². The van der Waals surface area contributed by atoms with Gasteiger partial charge >= 0.3 is 5.97 Å². The van der Waals surface area contributed by atoms with Crippen LogP contribution in [0.5, 0.6) is 0 Å². The molecule has 4 heteroatoms. The summed E-state index contributed by atoms with van der Waals surface area (Å²) in [5.41, 5.74) is 1.47. The lowest BCUT2D eigenvalue weighted by Gasteiger charge is -2.53. The maximum absolute atomic E-state index is 12.0. The summed E-state index contributed by atoms with van der Waals surface area (Å²) >= 11 is 0. The summed E-state index contributed by atoms with van der Waals surface area (Å²) in [5, 5.41) is 0.182. The molecule has 3 nitrogen and oxygen atoms in total. The smallest absolute Gasteiger partial charge is 0.330 e. The third kappa shape index (κ3) is 4.60. The first-order valence-corrected chi connectivity index (χ1v) is 15.0. The molecular formula is C26H48O3Si. The monoisotopic (exact) mass is 436 g/mol. The van der Waals surface area contributed by atoms with Crippen molar-refractivity contribution in [2.45, 2.75) is 105 Å². The predicted octanol–water partition coefficient (Wildman–Crippen LogP) is 7.23. The lowest BCUT2D eigenvalue weighted by atomic mass is 9.59. The number of carbonyl (C=O) groups excluding carboxylic acids is 1. The molecule has 2 fully saturated rings. The SMILES string of the molecule is COC(=O)/C=C(/C)[C@H]1CC[C@]2(C)[C@@H](C(C)C)CC[C@H]2[C@@H]1O[Si](C)(C)C(C)(C)C(C)C. The number of hydrogen-bond acceptors (Lipinski definition) is 3. The largest absolute Gasteiger partial charge is 0.466 e. The van der Waals surface area contributed by atoms with E-state index in [1.54, 1.807) is 6.08 Å². The number of fused-ring (bicyclic) bond motifs is 1. The van der Waals surface area contributed by atoms with E-state index in [1.165, 1.54) is 26.4 Å². The lowest BCUT2D eigenvalue weighted by molar-refractivity contribution is -0.135. The summed E-state index contributed by atoms with van der Waals surface area (Å²) < 4.78 is 12.2. The third-order valence-corrected chi connectivity index (χ3v) is 14.2. The highest BCUT2D eigenvalue weighted by molar-refractivity contribution is 6.74. The van der Waals surface area contributed by atoms with Crippen molar-refractivity contribution in [1.82, 2.24) is 0 Å². The highest BCUT2D eigenvalue weighted by atomic mass is 28.4. The van der Waals surface area contributed by atoms with Crippen LogP contribution in [-0.2, 0) is 14.0 Å². The van der Waals surface area contributed by atoms with Crippen LogP contribution >= 0.6 is 0 Å². The molecule has 5 atom stereocenters. The van der Waals surface area contributed by atoms with E-state index in [1.807, 2.05) is 0 Å². The molecule has 2 aliphatic rings. The number of ether oxygens (including phenoxy) is 1. The molecule has 0 aromatic carbocycles. The van der Waals surface area contributed by atoms with Gasteiger partial charge in [0.25, 0.3) is 0 Å². The van der Waals surface area contributed by atoms with Crippen molar-refractivity contribution in [3.8, 4) is 0 Å². The molecule has 0 unspecified atom stereocenters. The Bertz CT molecular complexity index is 649. The zero-order chi connectivity index (χ0) is 23.1. The molecule has 0 aromatic heterocycles. The molecule has 0 amide bonds. The molecule has 174 valence electrons. The van der Waals surface area contributed by atoms with Crippen molar-refractivity contribution in [2.24, 2.45) is 35.0 Å². The second-order valence-electron chi connectivity index (χ2n) is 12.1. The Labute approximate surface area is 187 Å². The second kappa shape index (κ2) is 9.09. The minimum absolute atomic E-state index is 0.182. The quantitative estimate of drug-likeness (QED) is 0.240. The molecule has 0 heterocycles. The summed E-state index contributed by atoms with van der Waals surface area (Å²) in [6.45, 7) is 23.7. The second-order valence-corrected chi connectivity index (χ2v) is 16.6. The predicted molar refractivity (Wildman–Crippen MR) is 129 cm³/mol. The molecule has 0 N–H and O–H groups in total. The Morgan fingerprint density at radius 3 is 2.23 bits per heavy atom. The number of hydrogen-bond donors (Lipinski definition) is 0. The molecular weight excluding hydrogens is 388 g/mol. The highest BCUT2D eigenvalue weighted by Crippen LogP contribution is 2.61. The van der Waals surface area contributed by atoms with Gasteiger partial charge in [0.15, 0.2) is 8.32 Å². The topological polar surface area (TPSA) is 35.5 Å². The molecule has 2 rings (SSSR count). The Morgan fingerprint density at radius 2 is 1.73 bits per heavy atom. The van der Waals surface area contributed by atoms with Crippen LogP contribution in [0.4, 0.5) is 0 Å². The van der Waals surface area contributed by atoms with Crippen LogP contribution in [0.1, 0.15) is 81.1 Å². The van der Waals surface area contributed by atoms with Crippen molar-refractivity contribution in [3.63, 3.8) is 0 Å². The fourth-order valence-corrected chi connectivity index (χ4v) is 9.10. The fraction of sp³-hybridized carbons (Fsp3) is 0.885. The zero-order valence-corrected chi connectivity index (χ0v) is 22.6. The van der Waals surface area contributed by atoms with E-state index in [4.69, 9.17) is 9.16 Å². The molecule has 2 aliphatic carbocycles. The molecule has 0 radical (unpaired) electrons. The fourth-order valence-electron chi connectivity index (χ4n) is 6.40. The van der Waals surface area contributed by atoms with Gasteiger partial charge in [-0.05, 0) is 79.8 Å². The summed E-state index contributed by atoms with van der Waals surface area (Å²) in [7, 11) is -0.541. The minimum atomic E-state index is -2.00. The minimum Gasteiger partial charge on any atom is -0.466 e. The molecule has 0 bridgehead atoms. The van der Waals surface area contributed by atoms with Crippen LogP contribution in [0.15, 0.2) is 11.6 Å². The van der Waals surface area contributed by atoms with E-state index in [0.29, 0.717) is 29.1 Å². The van der Waals surface area contributed by atoms with Gasteiger partial charge in [0, 0.05) is 12.0 Å². The van der Waals surface area contributed by atoms with Crippen molar-refractivity contribution >= 4 is 14.3 Å². The van der Waals surface area contributed by atoms with Crippen molar-refractivity contribution in [2.75, 3.05) is 7.11 Å². The maximum Gasteiger partial charge on any atom is 0.330 e. The normalized spacial score (nSPS) is 33.2. The lowest BCUT2D eigenvalue weighted by Crippen LogP contribution is -2.55. The van der Waals surface area contributed by atoms with Gasteiger partial charge in [0.05, 0.1) is 13.2 Å². The number of carbonyl (C=O) groups is 1. The standard InChI is InChI=1S/C26H48O3Si/c1-17(2)21-12-13-22-24(29-30(10,11)25(6,7)18(3)4)20(14-15-26(21,22)8)19(5)16-23(27)28-9/h16-18,20-22,24H,12-15H2,1-11H3/b19-16-/t20-,21-,22+,24-,26-/m1/s1. The van der Waals surface area contributed by atoms with Crippen molar-refractivity contribution in [3.05, 3.63) is 11.6 Å². The van der Waals surface area contributed by atoms with E-state index in [2.05, 4.69) is 68.5 Å². The molecule has 2 saturated carbocycles. The summed E-state index contributed by atoms with van der Waals surface area (Å²) in [5.74, 6) is 2.68. The van der Waals surface area contributed by atoms with Crippen LogP contribution in [0, 0.1) is 35.0 Å². The van der Waals surface area contributed by atoms with E-state index >= 15 is 0 Å². The van der Waals surface area contributed by atoms with E-state index in [0.717, 1.165) is 17.9 Å². The molecule has 0 saturated heterocycles. The van der Waals surface area contributed by atoms with Crippen molar-refractivity contribution < 1.29 is 14.0 Å². The number of rotatable bonds is 7. The van der Waals surface area contributed by atoms with Gasteiger partial charge in [-0.2, -0.15) is 0 Å². The van der Waals surface area contributed by atoms with Gasteiger partial charge in [-0.3, -0.25) is 0 Å². The van der Waals surface area contributed by atoms with Crippen LogP contribution < -0.4 is 0 Å². The molecule has 30 heavy (non-hydrogen) atoms. The molecule has 0 spiro atoms. The average Bonchev–Trinajstić information content (AvgIpc) is 2.98. The van der Waals surface area contributed by atoms with Gasteiger partial charge in [0.2, 0.25) is 0 Å².